The summed E-state index contributed by atoms with van der Waals surface area (Å²) in [5, 5.41) is 0. The highest BCUT2D eigenvalue weighted by molar-refractivity contribution is 6.21. The van der Waals surface area contributed by atoms with Gasteiger partial charge in [0, 0.05) is 11.9 Å². The minimum atomic E-state index is -0.492. The highest BCUT2D eigenvalue weighted by atomic mass is 35.5. The first-order valence-electron chi connectivity index (χ1n) is 5.34. The van der Waals surface area contributed by atoms with Gasteiger partial charge in [0.05, 0.1) is 18.8 Å². The van der Waals surface area contributed by atoms with Crippen molar-refractivity contribution in [2.24, 2.45) is 22.1 Å². The van der Waals surface area contributed by atoms with E-state index in [-0.39, 0.29) is 0 Å². The summed E-state index contributed by atoms with van der Waals surface area (Å²) in [5.74, 6) is 0.371. The monoisotopic (exact) mass is 242 g/mol. The van der Waals surface area contributed by atoms with Crippen LogP contribution >= 0.6 is 11.6 Å². The lowest BCUT2D eigenvalue weighted by Gasteiger charge is -2.30. The van der Waals surface area contributed by atoms with Crippen LogP contribution in [0.25, 0.3) is 0 Å². The summed E-state index contributed by atoms with van der Waals surface area (Å²) in [6.45, 7) is 4.05. The zero-order valence-electron chi connectivity index (χ0n) is 9.98. The van der Waals surface area contributed by atoms with E-state index in [4.69, 9.17) is 22.1 Å². The maximum absolute atomic E-state index is 6.27. The lowest BCUT2D eigenvalue weighted by molar-refractivity contribution is 0.327. The maximum atomic E-state index is 6.27. The van der Waals surface area contributed by atoms with Crippen LogP contribution in [0.1, 0.15) is 20.3 Å². The smallest absolute Gasteiger partial charge is 0.137 e. The number of methoxy groups -OCH3 is 1. The molecule has 4 heteroatoms. The normalized spacial score (nSPS) is 40.9. The zero-order chi connectivity index (χ0) is 12.2. The molecule has 0 aromatic rings. The van der Waals surface area contributed by atoms with E-state index in [1.54, 1.807) is 13.4 Å². The van der Waals surface area contributed by atoms with Crippen LogP contribution in [0.4, 0.5) is 0 Å². The first-order chi connectivity index (χ1) is 7.50. The Balaban J connectivity index is 3.03. The molecule has 1 heterocycles. The fourth-order valence-corrected chi connectivity index (χ4v) is 1.76. The molecule has 0 radical (unpaired) electrons. The van der Waals surface area contributed by atoms with E-state index < -0.39 is 10.9 Å². The molecule has 3 nitrogen and oxygen atoms in total. The predicted molar refractivity (Wildman–Crippen MR) is 68.4 cm³/mol. The summed E-state index contributed by atoms with van der Waals surface area (Å²) >= 11 is 6.27. The van der Waals surface area contributed by atoms with Crippen molar-refractivity contribution >= 4 is 17.8 Å². The predicted octanol–water partition coefficient (Wildman–Crippen LogP) is 2.67. The number of alkyl halides is 1. The van der Waals surface area contributed by atoms with Crippen molar-refractivity contribution in [3.63, 3.8) is 0 Å². The molecule has 0 amide bonds. The van der Waals surface area contributed by atoms with E-state index in [1.807, 2.05) is 25.3 Å². The molecule has 0 aliphatic carbocycles. The van der Waals surface area contributed by atoms with E-state index in [2.05, 4.69) is 11.9 Å². The van der Waals surface area contributed by atoms with E-state index in [0.29, 0.717) is 5.92 Å². The molecule has 90 valence electrons. The Bertz CT molecular complexity index is 325. The number of halogens is 1. The molecule has 0 spiro atoms. The van der Waals surface area contributed by atoms with Gasteiger partial charge >= 0.3 is 0 Å². The molecule has 1 aliphatic heterocycles. The van der Waals surface area contributed by atoms with Gasteiger partial charge in [-0.2, -0.15) is 0 Å². The standard InChI is InChI=1S/C12H19ClN2O/c1-9-4-5-10(14)12(2,6-7-16-3)11(13)15-8-9/h5-9,11H,4,14H2,1-3H3/b7-6+,10-5-,15-8-. The van der Waals surface area contributed by atoms with Gasteiger partial charge in [-0.1, -0.05) is 24.6 Å². The molecular weight excluding hydrogens is 224 g/mol. The van der Waals surface area contributed by atoms with Gasteiger partial charge in [0.25, 0.3) is 0 Å². The summed E-state index contributed by atoms with van der Waals surface area (Å²) in [5.41, 5.74) is 5.92. The SMILES string of the molecule is CO/C=C/C1(C)/C(N)=C/CC(C)/C=N\C1Cl. The molecule has 3 atom stereocenters. The lowest BCUT2D eigenvalue weighted by Crippen LogP contribution is -2.32. The van der Waals surface area contributed by atoms with Gasteiger partial charge in [0.1, 0.15) is 5.50 Å². The Morgan fingerprint density at radius 2 is 2.38 bits per heavy atom. The molecule has 0 fully saturated rings. The van der Waals surface area contributed by atoms with Crippen LogP contribution in [-0.4, -0.2) is 18.8 Å². The summed E-state index contributed by atoms with van der Waals surface area (Å²) in [6, 6.07) is 0. The Morgan fingerprint density at radius 3 is 3.00 bits per heavy atom. The van der Waals surface area contributed by atoms with Crippen molar-refractivity contribution < 1.29 is 4.74 Å². The van der Waals surface area contributed by atoms with Gasteiger partial charge in [0.15, 0.2) is 0 Å². The second-order valence-electron chi connectivity index (χ2n) is 4.33. The minimum absolute atomic E-state index is 0.371. The number of aliphatic imine (C=N–C) groups is 1. The van der Waals surface area contributed by atoms with Gasteiger partial charge in [0.2, 0.25) is 0 Å². The van der Waals surface area contributed by atoms with Gasteiger partial charge in [-0.15, -0.1) is 0 Å². The first-order valence-corrected chi connectivity index (χ1v) is 5.78. The highest BCUT2D eigenvalue weighted by Crippen LogP contribution is 2.35. The highest BCUT2D eigenvalue weighted by Gasteiger charge is 2.33. The Kier molecular flexibility index (Phi) is 4.42. The van der Waals surface area contributed by atoms with Gasteiger partial charge in [-0.25, -0.2) is 0 Å². The molecule has 16 heavy (non-hydrogen) atoms. The first kappa shape index (κ1) is 13.1. The third kappa shape index (κ3) is 2.79. The van der Waals surface area contributed by atoms with Crippen LogP contribution in [0.5, 0.6) is 0 Å². The number of rotatable bonds is 2. The Hall–Kier alpha value is -0.960. The molecule has 0 aromatic heterocycles. The van der Waals surface area contributed by atoms with Crippen LogP contribution < -0.4 is 5.73 Å². The van der Waals surface area contributed by atoms with Crippen molar-refractivity contribution in [2.75, 3.05) is 7.11 Å². The third-order valence-corrected chi connectivity index (χ3v) is 3.41. The van der Waals surface area contributed by atoms with Crippen molar-refractivity contribution in [1.82, 2.24) is 0 Å². The van der Waals surface area contributed by atoms with Crippen LogP contribution in [0.3, 0.4) is 0 Å². The number of hydrogen-bond acceptors (Lipinski definition) is 3. The Labute approximate surface area is 102 Å². The van der Waals surface area contributed by atoms with E-state index in [9.17, 15) is 0 Å². The average Bonchev–Trinajstić information content (AvgIpc) is 2.28. The van der Waals surface area contributed by atoms with Gasteiger partial charge < -0.3 is 10.5 Å². The summed E-state index contributed by atoms with van der Waals surface area (Å²) in [4.78, 5) is 4.33. The third-order valence-electron chi connectivity index (χ3n) is 2.85. The number of ether oxygens (including phenoxy) is 1. The summed E-state index contributed by atoms with van der Waals surface area (Å²) in [7, 11) is 1.59. The molecule has 1 aliphatic rings. The van der Waals surface area contributed by atoms with Crippen molar-refractivity contribution in [3.05, 3.63) is 24.1 Å². The fraction of sp³-hybridized carbons (Fsp3) is 0.583. The second kappa shape index (κ2) is 5.39. The number of nitrogens with two attached hydrogens (primary N) is 1. The van der Waals surface area contributed by atoms with Crippen molar-refractivity contribution in [1.29, 1.82) is 0 Å². The average molecular weight is 243 g/mol. The number of allylic oxidation sites excluding steroid dienone is 1. The van der Waals surface area contributed by atoms with Crippen LogP contribution in [0, 0.1) is 11.3 Å². The summed E-state index contributed by atoms with van der Waals surface area (Å²) < 4.78 is 4.93. The molecule has 1 rings (SSSR count). The lowest BCUT2D eigenvalue weighted by atomic mass is 9.84. The maximum Gasteiger partial charge on any atom is 0.137 e. The van der Waals surface area contributed by atoms with Crippen molar-refractivity contribution in [3.8, 4) is 0 Å². The Morgan fingerprint density at radius 1 is 1.69 bits per heavy atom. The van der Waals surface area contributed by atoms with E-state index in [0.717, 1.165) is 12.1 Å². The molecule has 2 N–H and O–H groups in total. The van der Waals surface area contributed by atoms with E-state index >= 15 is 0 Å². The molecular formula is C12H19ClN2O. The second-order valence-corrected chi connectivity index (χ2v) is 4.74. The number of nitrogens with zero attached hydrogens (tertiary/aromatic N) is 1. The van der Waals surface area contributed by atoms with E-state index in [1.165, 1.54) is 0 Å². The quantitative estimate of drug-likeness (QED) is 0.460. The zero-order valence-corrected chi connectivity index (χ0v) is 10.7. The molecule has 3 unspecified atom stereocenters. The molecule has 0 saturated heterocycles. The van der Waals surface area contributed by atoms with Gasteiger partial charge in [-0.05, 0) is 25.3 Å². The molecule has 0 aromatic carbocycles. The molecule has 0 bridgehead atoms. The fourth-order valence-electron chi connectivity index (χ4n) is 1.49. The minimum Gasteiger partial charge on any atom is -0.505 e. The van der Waals surface area contributed by atoms with Crippen molar-refractivity contribution in [2.45, 2.75) is 25.8 Å². The largest absolute Gasteiger partial charge is 0.505 e. The van der Waals surface area contributed by atoms with Crippen LogP contribution in [0.15, 0.2) is 29.1 Å². The van der Waals surface area contributed by atoms with Crippen LogP contribution in [0.2, 0.25) is 0 Å². The van der Waals surface area contributed by atoms with Crippen LogP contribution in [-0.2, 0) is 4.74 Å². The summed E-state index contributed by atoms with van der Waals surface area (Å²) in [6.07, 6.45) is 8.24. The number of hydrogen-bond donors (Lipinski definition) is 1. The van der Waals surface area contributed by atoms with Gasteiger partial charge in [-0.3, -0.25) is 4.99 Å². The molecule has 0 saturated carbocycles. The topological polar surface area (TPSA) is 47.6 Å².